The van der Waals surface area contributed by atoms with E-state index in [0.29, 0.717) is 37.2 Å². The van der Waals surface area contributed by atoms with E-state index in [1.807, 2.05) is 0 Å². The number of carbonyl (C=O) groups is 1. The number of nitrogens with zero attached hydrogens (tertiary/aromatic N) is 1. The Morgan fingerprint density at radius 3 is 2.39 bits per heavy atom. The van der Waals surface area contributed by atoms with Gasteiger partial charge in [-0.1, -0.05) is 0 Å². The molecule has 1 atom stereocenters. The van der Waals surface area contributed by atoms with E-state index in [1.165, 1.54) is 24.3 Å². The lowest BCUT2D eigenvalue weighted by Crippen LogP contribution is -2.29. The summed E-state index contributed by atoms with van der Waals surface area (Å²) < 4.78 is 53.1. The van der Waals surface area contributed by atoms with Crippen molar-refractivity contribution in [1.29, 1.82) is 0 Å². The molecule has 1 aliphatic rings. The third-order valence-electron chi connectivity index (χ3n) is 4.49. The molecule has 28 heavy (non-hydrogen) atoms. The van der Waals surface area contributed by atoms with E-state index in [4.69, 9.17) is 5.73 Å². The summed E-state index contributed by atoms with van der Waals surface area (Å²) in [4.78, 5) is 13.8. The van der Waals surface area contributed by atoms with E-state index in [-0.39, 0.29) is 24.0 Å². The smallest absolute Gasteiger partial charge is 0.261 e. The molecular formula is C18H20ClF2N3O3S. The highest BCUT2D eigenvalue weighted by Crippen LogP contribution is 2.21. The Morgan fingerprint density at radius 2 is 1.82 bits per heavy atom. The summed E-state index contributed by atoms with van der Waals surface area (Å²) >= 11 is 0. The van der Waals surface area contributed by atoms with Crippen LogP contribution in [0.4, 0.5) is 14.5 Å². The fourth-order valence-corrected chi connectivity index (χ4v) is 4.00. The second-order valence-corrected chi connectivity index (χ2v) is 8.08. The Bertz CT molecular complexity index is 955. The van der Waals surface area contributed by atoms with Gasteiger partial charge in [-0.2, -0.15) is 0 Å². The molecule has 2 aromatic carbocycles. The van der Waals surface area contributed by atoms with Crippen LogP contribution in [0, 0.1) is 17.6 Å². The molecule has 0 aliphatic carbocycles. The van der Waals surface area contributed by atoms with Crippen LogP contribution in [-0.2, 0) is 10.0 Å². The first-order valence-electron chi connectivity index (χ1n) is 8.37. The number of anilines is 1. The summed E-state index contributed by atoms with van der Waals surface area (Å²) in [6.07, 6.45) is 0.869. The first-order chi connectivity index (χ1) is 12.8. The maximum Gasteiger partial charge on any atom is 0.261 e. The summed E-state index contributed by atoms with van der Waals surface area (Å²) in [6.45, 7) is 1.79. The number of hydrogen-bond donors (Lipinski definition) is 2. The number of nitrogens with two attached hydrogens (primary N) is 1. The molecule has 0 aromatic heterocycles. The average molecular weight is 432 g/mol. The van der Waals surface area contributed by atoms with Gasteiger partial charge in [-0.15, -0.1) is 12.4 Å². The zero-order valence-corrected chi connectivity index (χ0v) is 16.4. The molecule has 3 N–H and O–H groups in total. The molecular weight excluding hydrogens is 412 g/mol. The van der Waals surface area contributed by atoms with Crippen molar-refractivity contribution in [2.75, 3.05) is 24.4 Å². The van der Waals surface area contributed by atoms with Gasteiger partial charge in [0.2, 0.25) is 0 Å². The van der Waals surface area contributed by atoms with Crippen molar-refractivity contribution >= 4 is 34.0 Å². The maximum absolute atomic E-state index is 13.3. The quantitative estimate of drug-likeness (QED) is 0.761. The molecule has 1 unspecified atom stereocenters. The van der Waals surface area contributed by atoms with E-state index in [0.717, 1.165) is 18.6 Å². The fourth-order valence-electron chi connectivity index (χ4n) is 2.93. The van der Waals surface area contributed by atoms with Crippen molar-refractivity contribution in [2.24, 2.45) is 11.7 Å². The predicted octanol–water partition coefficient (Wildman–Crippen LogP) is 2.61. The van der Waals surface area contributed by atoms with Crippen LogP contribution in [0.1, 0.15) is 16.8 Å². The first kappa shape index (κ1) is 22.1. The van der Waals surface area contributed by atoms with Gasteiger partial charge in [-0.05, 0) is 61.3 Å². The van der Waals surface area contributed by atoms with Crippen LogP contribution in [-0.4, -0.2) is 38.9 Å². The third kappa shape index (κ3) is 4.78. The van der Waals surface area contributed by atoms with Gasteiger partial charge in [-0.25, -0.2) is 17.2 Å². The fraction of sp³-hybridized carbons (Fsp3) is 0.278. The number of nitrogens with one attached hydrogen (secondary N) is 1. The highest BCUT2D eigenvalue weighted by Gasteiger charge is 2.26. The number of rotatable bonds is 5. The van der Waals surface area contributed by atoms with E-state index in [1.54, 1.807) is 4.90 Å². The molecule has 152 valence electrons. The van der Waals surface area contributed by atoms with Gasteiger partial charge >= 0.3 is 0 Å². The van der Waals surface area contributed by atoms with Gasteiger partial charge in [0, 0.05) is 24.3 Å². The zero-order valence-electron chi connectivity index (χ0n) is 14.8. The Morgan fingerprint density at radius 1 is 1.14 bits per heavy atom. The van der Waals surface area contributed by atoms with Crippen LogP contribution in [0.15, 0.2) is 47.4 Å². The molecule has 1 aliphatic heterocycles. The number of halogens is 3. The van der Waals surface area contributed by atoms with Crippen molar-refractivity contribution in [3.63, 3.8) is 0 Å². The second kappa shape index (κ2) is 8.85. The summed E-state index contributed by atoms with van der Waals surface area (Å²) in [5, 5.41) is 0. The third-order valence-corrected chi connectivity index (χ3v) is 5.87. The lowest BCUT2D eigenvalue weighted by Gasteiger charge is -2.16. The van der Waals surface area contributed by atoms with Crippen LogP contribution >= 0.6 is 12.4 Å². The molecule has 0 spiro atoms. The highest BCUT2D eigenvalue weighted by molar-refractivity contribution is 7.92. The standard InChI is InChI=1S/C18H19F2N3O3S.ClH/c19-16-6-5-15(9-17(16)20)27(25,26)22-14-3-1-13(2-4-14)18(24)23-8-7-12(10-21)11-23;/h1-6,9,12,22H,7-8,10-11,21H2;1H. The summed E-state index contributed by atoms with van der Waals surface area (Å²) in [7, 11) is -4.08. The number of sulfonamides is 1. The van der Waals surface area contributed by atoms with Gasteiger partial charge in [0.1, 0.15) is 0 Å². The number of carbonyl (C=O) groups excluding carboxylic acids is 1. The maximum atomic E-state index is 13.3. The molecule has 10 heteroatoms. The topological polar surface area (TPSA) is 92.5 Å². The van der Waals surface area contributed by atoms with Crippen molar-refractivity contribution in [3.8, 4) is 0 Å². The van der Waals surface area contributed by atoms with Crippen LogP contribution in [0.5, 0.6) is 0 Å². The summed E-state index contributed by atoms with van der Waals surface area (Å²) in [5.74, 6) is -2.21. The minimum Gasteiger partial charge on any atom is -0.338 e. The minimum absolute atomic E-state index is 0. The Kier molecular flexibility index (Phi) is 6.97. The molecule has 1 heterocycles. The molecule has 1 fully saturated rings. The monoisotopic (exact) mass is 431 g/mol. The SMILES string of the molecule is Cl.NCC1CCN(C(=O)c2ccc(NS(=O)(=O)c3ccc(F)c(F)c3)cc2)C1. The Labute approximate surface area is 168 Å². The van der Waals surface area contributed by atoms with Crippen LogP contribution < -0.4 is 10.5 Å². The number of likely N-dealkylation sites (tertiary alicyclic amines) is 1. The number of benzene rings is 2. The first-order valence-corrected chi connectivity index (χ1v) is 9.86. The van der Waals surface area contributed by atoms with Gasteiger partial charge < -0.3 is 10.6 Å². The van der Waals surface area contributed by atoms with Gasteiger partial charge in [0.25, 0.3) is 15.9 Å². The lowest BCUT2D eigenvalue weighted by atomic mass is 10.1. The molecule has 1 amide bonds. The zero-order chi connectivity index (χ0) is 19.6. The molecule has 0 bridgehead atoms. The molecule has 3 rings (SSSR count). The summed E-state index contributed by atoms with van der Waals surface area (Å²) in [5.41, 5.74) is 6.27. The minimum atomic E-state index is -4.08. The highest BCUT2D eigenvalue weighted by atomic mass is 35.5. The summed E-state index contributed by atoms with van der Waals surface area (Å²) in [6, 6.07) is 8.25. The Hall–Kier alpha value is -2.23. The number of hydrogen-bond acceptors (Lipinski definition) is 4. The lowest BCUT2D eigenvalue weighted by molar-refractivity contribution is 0.0787. The van der Waals surface area contributed by atoms with Gasteiger partial charge in [-0.3, -0.25) is 9.52 Å². The second-order valence-electron chi connectivity index (χ2n) is 6.40. The molecule has 0 radical (unpaired) electrons. The van der Waals surface area contributed by atoms with E-state index in [2.05, 4.69) is 4.72 Å². The molecule has 2 aromatic rings. The largest absolute Gasteiger partial charge is 0.338 e. The molecule has 0 saturated carbocycles. The Balaban J connectivity index is 0.00000280. The van der Waals surface area contributed by atoms with Gasteiger partial charge in [0.05, 0.1) is 4.90 Å². The number of amides is 1. The van der Waals surface area contributed by atoms with Crippen molar-refractivity contribution in [3.05, 3.63) is 59.7 Å². The van der Waals surface area contributed by atoms with Crippen LogP contribution in [0.2, 0.25) is 0 Å². The molecule has 1 saturated heterocycles. The van der Waals surface area contributed by atoms with Crippen LogP contribution in [0.25, 0.3) is 0 Å². The van der Waals surface area contributed by atoms with Gasteiger partial charge in [0.15, 0.2) is 11.6 Å². The van der Waals surface area contributed by atoms with E-state index in [9.17, 15) is 22.0 Å². The van der Waals surface area contributed by atoms with Crippen LogP contribution in [0.3, 0.4) is 0 Å². The van der Waals surface area contributed by atoms with Crippen molar-refractivity contribution in [2.45, 2.75) is 11.3 Å². The normalized spacial score (nSPS) is 16.5. The van der Waals surface area contributed by atoms with Crippen molar-refractivity contribution < 1.29 is 22.0 Å². The van der Waals surface area contributed by atoms with E-state index < -0.39 is 26.6 Å². The van der Waals surface area contributed by atoms with Crippen molar-refractivity contribution in [1.82, 2.24) is 4.90 Å². The van der Waals surface area contributed by atoms with E-state index >= 15 is 0 Å². The molecule has 6 nitrogen and oxygen atoms in total. The average Bonchev–Trinajstić information content (AvgIpc) is 3.13. The predicted molar refractivity (Wildman–Crippen MR) is 104 cm³/mol.